The minimum atomic E-state index is -3.73. The molecular weight excluding hydrogens is 366 g/mol. The summed E-state index contributed by atoms with van der Waals surface area (Å²) in [6, 6.07) is 11.7. The van der Waals surface area contributed by atoms with E-state index in [1.807, 2.05) is 12.1 Å². The van der Waals surface area contributed by atoms with Crippen LogP contribution in [0.3, 0.4) is 0 Å². The van der Waals surface area contributed by atoms with Crippen molar-refractivity contribution < 1.29 is 22.6 Å². The van der Waals surface area contributed by atoms with Crippen LogP contribution >= 0.6 is 0 Å². The van der Waals surface area contributed by atoms with Gasteiger partial charge in [-0.25, -0.2) is 8.42 Å². The van der Waals surface area contributed by atoms with Crippen LogP contribution in [0.1, 0.15) is 25.7 Å². The average Bonchev–Trinajstić information content (AvgIpc) is 3.20. The van der Waals surface area contributed by atoms with Gasteiger partial charge in [-0.2, -0.15) is 0 Å². The molecule has 3 rings (SSSR count). The number of ether oxygens (including phenoxy) is 3. The molecular formula is C20H25NO5S. The topological polar surface area (TPSA) is 65.1 Å². The third-order valence-electron chi connectivity index (χ3n) is 4.82. The summed E-state index contributed by atoms with van der Waals surface area (Å²) in [7, 11) is 0.779. The molecule has 1 fully saturated rings. The Labute approximate surface area is 160 Å². The molecule has 27 heavy (non-hydrogen) atoms. The second-order valence-corrected chi connectivity index (χ2v) is 8.48. The van der Waals surface area contributed by atoms with Crippen LogP contribution < -0.4 is 18.5 Å². The van der Waals surface area contributed by atoms with Crippen LogP contribution in [0.4, 0.5) is 5.69 Å². The molecule has 0 saturated heterocycles. The molecule has 2 aromatic carbocycles. The third-order valence-corrected chi connectivity index (χ3v) is 6.60. The fraction of sp³-hybridized carbons (Fsp3) is 0.400. The van der Waals surface area contributed by atoms with Gasteiger partial charge in [0.15, 0.2) is 11.5 Å². The Kier molecular flexibility index (Phi) is 5.79. The number of methoxy groups -OCH3 is 2. The molecule has 0 N–H and O–H groups in total. The van der Waals surface area contributed by atoms with Gasteiger partial charge in [0.2, 0.25) is 0 Å². The first-order chi connectivity index (χ1) is 13.0. The molecule has 6 nitrogen and oxygen atoms in total. The molecule has 0 radical (unpaired) electrons. The maximum Gasteiger partial charge on any atom is 0.264 e. The molecule has 7 heteroatoms. The second kappa shape index (κ2) is 8.08. The van der Waals surface area contributed by atoms with Crippen molar-refractivity contribution in [2.75, 3.05) is 25.6 Å². The molecule has 1 aliphatic rings. The highest BCUT2D eigenvalue weighted by atomic mass is 32.2. The smallest absolute Gasteiger partial charge is 0.264 e. The Bertz CT molecular complexity index is 874. The van der Waals surface area contributed by atoms with Crippen molar-refractivity contribution in [1.82, 2.24) is 0 Å². The van der Waals surface area contributed by atoms with Crippen molar-refractivity contribution >= 4 is 15.7 Å². The normalized spacial score (nSPS) is 14.8. The summed E-state index contributed by atoms with van der Waals surface area (Å²) in [5, 5.41) is 0. The van der Waals surface area contributed by atoms with Crippen molar-refractivity contribution in [1.29, 1.82) is 0 Å². The van der Waals surface area contributed by atoms with E-state index < -0.39 is 10.0 Å². The summed E-state index contributed by atoms with van der Waals surface area (Å²) >= 11 is 0. The van der Waals surface area contributed by atoms with E-state index in [0.29, 0.717) is 17.2 Å². The number of rotatable bonds is 7. The molecule has 0 heterocycles. The van der Waals surface area contributed by atoms with Crippen LogP contribution in [0.2, 0.25) is 0 Å². The van der Waals surface area contributed by atoms with Gasteiger partial charge in [-0.05, 0) is 62.1 Å². The van der Waals surface area contributed by atoms with Gasteiger partial charge < -0.3 is 14.2 Å². The van der Waals surface area contributed by atoms with E-state index in [0.717, 1.165) is 18.6 Å². The minimum absolute atomic E-state index is 0.133. The zero-order valence-corrected chi connectivity index (χ0v) is 16.7. The van der Waals surface area contributed by atoms with Crippen LogP contribution in [-0.2, 0) is 10.0 Å². The second-order valence-electron chi connectivity index (χ2n) is 6.51. The Morgan fingerprint density at radius 1 is 0.926 bits per heavy atom. The largest absolute Gasteiger partial charge is 0.493 e. The molecule has 0 spiro atoms. The number of anilines is 1. The Hall–Kier alpha value is -2.41. The Morgan fingerprint density at radius 2 is 1.56 bits per heavy atom. The first-order valence-corrected chi connectivity index (χ1v) is 10.4. The maximum atomic E-state index is 13.0. The van der Waals surface area contributed by atoms with Crippen molar-refractivity contribution in [3.63, 3.8) is 0 Å². The van der Waals surface area contributed by atoms with Crippen LogP contribution in [0, 0.1) is 0 Å². The molecule has 0 bridgehead atoms. The fourth-order valence-electron chi connectivity index (χ4n) is 3.21. The molecule has 0 amide bonds. The van der Waals surface area contributed by atoms with Crippen LogP contribution in [0.15, 0.2) is 47.4 Å². The summed E-state index contributed by atoms with van der Waals surface area (Å²) in [4.78, 5) is 0.133. The van der Waals surface area contributed by atoms with E-state index in [-0.39, 0.29) is 11.0 Å². The monoisotopic (exact) mass is 391 g/mol. The first kappa shape index (κ1) is 19.4. The van der Waals surface area contributed by atoms with Gasteiger partial charge >= 0.3 is 0 Å². The molecule has 1 aliphatic carbocycles. The SMILES string of the molecule is COc1ccc(S(=O)(=O)N(C)c2ccc(OC3CCCC3)cc2)cc1OC. The fourth-order valence-corrected chi connectivity index (χ4v) is 4.42. The van der Waals surface area contributed by atoms with E-state index in [4.69, 9.17) is 14.2 Å². The molecule has 0 unspecified atom stereocenters. The van der Waals surface area contributed by atoms with Crippen LogP contribution in [0.25, 0.3) is 0 Å². The summed E-state index contributed by atoms with van der Waals surface area (Å²) in [5.74, 6) is 1.61. The molecule has 1 saturated carbocycles. The summed E-state index contributed by atoms with van der Waals surface area (Å²) < 4.78 is 43.5. The van der Waals surface area contributed by atoms with E-state index in [2.05, 4.69) is 0 Å². The predicted octanol–water partition coefficient (Wildman–Crippen LogP) is 3.85. The van der Waals surface area contributed by atoms with Gasteiger partial charge in [0.05, 0.1) is 30.9 Å². The van der Waals surface area contributed by atoms with E-state index in [1.165, 1.54) is 50.5 Å². The van der Waals surface area contributed by atoms with E-state index in [9.17, 15) is 8.42 Å². The number of sulfonamides is 1. The average molecular weight is 391 g/mol. The lowest BCUT2D eigenvalue weighted by Crippen LogP contribution is -2.26. The molecule has 0 aliphatic heterocycles. The number of benzene rings is 2. The van der Waals surface area contributed by atoms with Gasteiger partial charge in [-0.15, -0.1) is 0 Å². The van der Waals surface area contributed by atoms with Crippen LogP contribution in [0.5, 0.6) is 17.2 Å². The van der Waals surface area contributed by atoms with Crippen molar-refractivity contribution in [3.05, 3.63) is 42.5 Å². The Morgan fingerprint density at radius 3 is 2.15 bits per heavy atom. The zero-order chi connectivity index (χ0) is 19.4. The number of nitrogens with zero attached hydrogens (tertiary/aromatic N) is 1. The summed E-state index contributed by atoms with van der Waals surface area (Å²) in [5.41, 5.74) is 0.559. The Balaban J connectivity index is 1.80. The lowest BCUT2D eigenvalue weighted by Gasteiger charge is -2.21. The quantitative estimate of drug-likeness (QED) is 0.717. The summed E-state index contributed by atoms with van der Waals surface area (Å²) in [6.07, 6.45) is 4.83. The zero-order valence-electron chi connectivity index (χ0n) is 15.8. The molecule has 0 atom stereocenters. The highest BCUT2D eigenvalue weighted by Gasteiger charge is 2.23. The van der Waals surface area contributed by atoms with Crippen molar-refractivity contribution in [3.8, 4) is 17.2 Å². The number of hydrogen-bond acceptors (Lipinski definition) is 5. The van der Waals surface area contributed by atoms with Gasteiger partial charge in [-0.1, -0.05) is 0 Å². The molecule has 2 aromatic rings. The van der Waals surface area contributed by atoms with Crippen molar-refractivity contribution in [2.45, 2.75) is 36.7 Å². The number of hydrogen-bond donors (Lipinski definition) is 0. The van der Waals surface area contributed by atoms with E-state index >= 15 is 0 Å². The standard InChI is InChI=1S/C20H25NO5S/c1-21(15-8-10-17(11-9-15)26-16-6-4-5-7-16)27(22,23)18-12-13-19(24-2)20(14-18)25-3/h8-14,16H,4-7H2,1-3H3. The third kappa shape index (κ3) is 4.13. The lowest BCUT2D eigenvalue weighted by atomic mass is 10.3. The first-order valence-electron chi connectivity index (χ1n) is 8.93. The molecule has 0 aromatic heterocycles. The highest BCUT2D eigenvalue weighted by Crippen LogP contribution is 2.32. The van der Waals surface area contributed by atoms with E-state index in [1.54, 1.807) is 18.2 Å². The lowest BCUT2D eigenvalue weighted by molar-refractivity contribution is 0.210. The van der Waals surface area contributed by atoms with Gasteiger partial charge in [0.25, 0.3) is 10.0 Å². The summed E-state index contributed by atoms with van der Waals surface area (Å²) in [6.45, 7) is 0. The van der Waals surface area contributed by atoms with Crippen LogP contribution in [-0.4, -0.2) is 35.8 Å². The van der Waals surface area contributed by atoms with Crippen molar-refractivity contribution in [2.24, 2.45) is 0 Å². The van der Waals surface area contributed by atoms with Gasteiger partial charge in [0.1, 0.15) is 5.75 Å². The van der Waals surface area contributed by atoms with Gasteiger partial charge in [0, 0.05) is 13.1 Å². The highest BCUT2D eigenvalue weighted by molar-refractivity contribution is 7.92. The predicted molar refractivity (Wildman–Crippen MR) is 104 cm³/mol. The molecule has 146 valence electrons. The maximum absolute atomic E-state index is 13.0. The van der Waals surface area contributed by atoms with Gasteiger partial charge in [-0.3, -0.25) is 4.31 Å². The minimum Gasteiger partial charge on any atom is -0.493 e.